The lowest BCUT2D eigenvalue weighted by atomic mass is 9.66. The minimum absolute atomic E-state index is 0.464. The molecule has 0 saturated carbocycles. The average molecular weight is 270 g/mol. The molecule has 0 spiro atoms. The monoisotopic (exact) mass is 270 g/mol. The first-order valence-corrected chi connectivity index (χ1v) is 7.86. The maximum Gasteiger partial charge on any atom is 0.122 e. The Bertz CT molecular complexity index is 551. The fourth-order valence-electron chi connectivity index (χ4n) is 4.15. The van der Waals surface area contributed by atoms with E-state index >= 15 is 0 Å². The van der Waals surface area contributed by atoms with E-state index in [4.69, 9.17) is 4.74 Å². The third kappa shape index (κ3) is 2.28. The number of hydrogen-bond acceptors (Lipinski definition) is 1. The van der Waals surface area contributed by atoms with Gasteiger partial charge in [-0.25, -0.2) is 0 Å². The van der Waals surface area contributed by atoms with Gasteiger partial charge in [0.2, 0.25) is 0 Å². The zero-order chi connectivity index (χ0) is 14.3. The van der Waals surface area contributed by atoms with Gasteiger partial charge in [-0.15, -0.1) is 0 Å². The van der Waals surface area contributed by atoms with Gasteiger partial charge in [-0.2, -0.15) is 0 Å². The third-order valence-electron chi connectivity index (χ3n) is 5.40. The summed E-state index contributed by atoms with van der Waals surface area (Å²) in [5, 5.41) is 0. The van der Waals surface area contributed by atoms with E-state index in [1.54, 1.807) is 12.7 Å². The fraction of sp³-hybridized carbons (Fsp3) is 0.579. The Hall–Kier alpha value is -1.24. The van der Waals surface area contributed by atoms with Gasteiger partial charge >= 0.3 is 0 Å². The van der Waals surface area contributed by atoms with Crippen molar-refractivity contribution in [2.24, 2.45) is 11.3 Å². The lowest BCUT2D eigenvalue weighted by Gasteiger charge is -2.39. The van der Waals surface area contributed by atoms with Crippen molar-refractivity contribution in [1.82, 2.24) is 0 Å². The van der Waals surface area contributed by atoms with Crippen LogP contribution in [-0.2, 0) is 12.8 Å². The summed E-state index contributed by atoms with van der Waals surface area (Å²) in [7, 11) is 1.78. The smallest absolute Gasteiger partial charge is 0.122 e. The van der Waals surface area contributed by atoms with Gasteiger partial charge in [-0.1, -0.05) is 31.6 Å². The molecule has 1 aromatic rings. The predicted molar refractivity (Wildman–Crippen MR) is 84.3 cm³/mol. The molecular formula is C19H26O. The molecule has 2 aliphatic carbocycles. The second-order valence-corrected chi connectivity index (χ2v) is 7.16. The van der Waals surface area contributed by atoms with Crippen molar-refractivity contribution < 1.29 is 4.74 Å². The van der Waals surface area contributed by atoms with Gasteiger partial charge in [0.05, 0.1) is 7.11 Å². The van der Waals surface area contributed by atoms with E-state index in [0.717, 1.165) is 18.1 Å². The highest BCUT2D eigenvalue weighted by molar-refractivity contribution is 5.45. The van der Waals surface area contributed by atoms with E-state index in [0.29, 0.717) is 5.41 Å². The molecule has 1 atom stereocenters. The van der Waals surface area contributed by atoms with Crippen LogP contribution in [0.4, 0.5) is 0 Å². The first-order valence-electron chi connectivity index (χ1n) is 7.86. The van der Waals surface area contributed by atoms with Crippen LogP contribution < -0.4 is 4.74 Å². The summed E-state index contributed by atoms with van der Waals surface area (Å²) in [6.45, 7) is 7.05. The topological polar surface area (TPSA) is 9.23 Å². The molecule has 20 heavy (non-hydrogen) atoms. The molecule has 0 aliphatic heterocycles. The molecule has 0 radical (unpaired) electrons. The summed E-state index contributed by atoms with van der Waals surface area (Å²) in [5.41, 5.74) is 6.43. The molecule has 0 amide bonds. The third-order valence-corrected chi connectivity index (χ3v) is 5.40. The minimum Gasteiger partial charge on any atom is -0.496 e. The molecule has 108 valence electrons. The Balaban J connectivity index is 2.00. The van der Waals surface area contributed by atoms with Gasteiger partial charge in [0.25, 0.3) is 0 Å². The summed E-state index contributed by atoms with van der Waals surface area (Å²) in [5.74, 6) is 1.80. The number of rotatable bonds is 1. The number of ether oxygens (including phenoxy) is 1. The summed E-state index contributed by atoms with van der Waals surface area (Å²) in [4.78, 5) is 0. The lowest BCUT2D eigenvalue weighted by molar-refractivity contribution is 0.203. The summed E-state index contributed by atoms with van der Waals surface area (Å²) in [6, 6.07) is 4.62. The lowest BCUT2D eigenvalue weighted by Crippen LogP contribution is -2.29. The van der Waals surface area contributed by atoms with E-state index in [2.05, 4.69) is 39.0 Å². The SMILES string of the molecule is COc1cc2c(cc1C)CCC1C(=CCCC1(C)C)C2. The van der Waals surface area contributed by atoms with Crippen molar-refractivity contribution in [2.75, 3.05) is 7.11 Å². The zero-order valence-electron chi connectivity index (χ0n) is 13.3. The fourth-order valence-corrected chi connectivity index (χ4v) is 4.15. The largest absolute Gasteiger partial charge is 0.496 e. The molecule has 0 bridgehead atoms. The van der Waals surface area contributed by atoms with Gasteiger partial charge in [0.1, 0.15) is 5.75 Å². The second-order valence-electron chi connectivity index (χ2n) is 7.16. The predicted octanol–water partition coefficient (Wildman–Crippen LogP) is 4.85. The van der Waals surface area contributed by atoms with Crippen LogP contribution in [0.3, 0.4) is 0 Å². The Morgan fingerprint density at radius 2 is 2.00 bits per heavy atom. The van der Waals surface area contributed by atoms with Crippen molar-refractivity contribution in [1.29, 1.82) is 0 Å². The molecule has 3 rings (SSSR count). The minimum atomic E-state index is 0.464. The molecule has 0 fully saturated rings. The molecule has 0 saturated heterocycles. The molecule has 0 N–H and O–H groups in total. The molecule has 0 heterocycles. The Morgan fingerprint density at radius 1 is 1.20 bits per heavy atom. The summed E-state index contributed by atoms with van der Waals surface area (Å²) in [6.07, 6.45) is 8.73. The van der Waals surface area contributed by atoms with Crippen LogP contribution in [0, 0.1) is 18.3 Å². The van der Waals surface area contributed by atoms with E-state index < -0.39 is 0 Å². The van der Waals surface area contributed by atoms with Crippen molar-refractivity contribution in [2.45, 2.75) is 52.9 Å². The molecule has 1 aromatic carbocycles. The van der Waals surface area contributed by atoms with Crippen LogP contribution in [-0.4, -0.2) is 7.11 Å². The molecule has 1 nitrogen and oxygen atoms in total. The molecule has 2 aliphatic rings. The van der Waals surface area contributed by atoms with Crippen LogP contribution in [0.15, 0.2) is 23.8 Å². The maximum absolute atomic E-state index is 5.51. The summed E-state index contributed by atoms with van der Waals surface area (Å²) < 4.78 is 5.51. The van der Waals surface area contributed by atoms with E-state index in [1.807, 2.05) is 0 Å². The van der Waals surface area contributed by atoms with Gasteiger partial charge < -0.3 is 4.74 Å². The molecule has 1 unspecified atom stereocenters. The van der Waals surface area contributed by atoms with E-state index in [9.17, 15) is 0 Å². The Kier molecular flexibility index (Phi) is 3.40. The van der Waals surface area contributed by atoms with Crippen molar-refractivity contribution in [3.63, 3.8) is 0 Å². The molecule has 0 aromatic heterocycles. The standard InChI is InChI=1S/C19H26O/c1-13-10-14-7-8-17-15(6-5-9-19(17,2)3)11-16(14)12-18(13)20-4/h6,10,12,17H,5,7-9,11H2,1-4H3. The first kappa shape index (κ1) is 13.7. The average Bonchev–Trinajstić information content (AvgIpc) is 2.57. The van der Waals surface area contributed by atoms with Gasteiger partial charge in [0.15, 0.2) is 0 Å². The van der Waals surface area contributed by atoms with Crippen LogP contribution in [0.25, 0.3) is 0 Å². The van der Waals surface area contributed by atoms with E-state index in [1.165, 1.54) is 42.4 Å². The zero-order valence-corrected chi connectivity index (χ0v) is 13.3. The quantitative estimate of drug-likeness (QED) is 0.662. The van der Waals surface area contributed by atoms with E-state index in [-0.39, 0.29) is 0 Å². The summed E-state index contributed by atoms with van der Waals surface area (Å²) >= 11 is 0. The number of fused-ring (bicyclic) bond motifs is 2. The first-order chi connectivity index (χ1) is 9.51. The molecular weight excluding hydrogens is 244 g/mol. The van der Waals surface area contributed by atoms with Crippen LogP contribution in [0.1, 0.15) is 49.8 Å². The maximum atomic E-state index is 5.51. The van der Waals surface area contributed by atoms with Crippen molar-refractivity contribution in [3.05, 3.63) is 40.5 Å². The highest BCUT2D eigenvalue weighted by Gasteiger charge is 2.35. The Labute approximate surface area is 123 Å². The number of methoxy groups -OCH3 is 1. The van der Waals surface area contributed by atoms with Gasteiger partial charge in [0, 0.05) is 0 Å². The van der Waals surface area contributed by atoms with Gasteiger partial charge in [-0.05, 0) is 73.1 Å². The highest BCUT2D eigenvalue weighted by Crippen LogP contribution is 2.46. The molecule has 1 heteroatoms. The second kappa shape index (κ2) is 4.95. The Morgan fingerprint density at radius 3 is 2.75 bits per heavy atom. The number of hydrogen-bond donors (Lipinski definition) is 0. The highest BCUT2D eigenvalue weighted by atomic mass is 16.5. The number of aryl methyl sites for hydroxylation is 2. The van der Waals surface area contributed by atoms with Gasteiger partial charge in [-0.3, -0.25) is 0 Å². The van der Waals surface area contributed by atoms with Crippen LogP contribution >= 0.6 is 0 Å². The van der Waals surface area contributed by atoms with Crippen molar-refractivity contribution in [3.8, 4) is 5.75 Å². The van der Waals surface area contributed by atoms with Crippen LogP contribution in [0.2, 0.25) is 0 Å². The number of allylic oxidation sites excluding steroid dienone is 2. The normalized spacial score (nSPS) is 24.2. The number of benzene rings is 1. The van der Waals surface area contributed by atoms with Crippen LogP contribution in [0.5, 0.6) is 5.75 Å². The van der Waals surface area contributed by atoms with Crippen molar-refractivity contribution >= 4 is 0 Å².